The van der Waals surface area contributed by atoms with Crippen molar-refractivity contribution in [1.82, 2.24) is 0 Å². The lowest BCUT2D eigenvalue weighted by molar-refractivity contribution is -0.167. The minimum Gasteiger partial charge on any atom is -0.462 e. The molecule has 73 heavy (non-hydrogen) atoms. The topological polar surface area (TPSA) is 78.9 Å². The summed E-state index contributed by atoms with van der Waals surface area (Å²) in [7, 11) is 0. The van der Waals surface area contributed by atoms with Crippen LogP contribution in [0.15, 0.2) is 72.9 Å². The van der Waals surface area contributed by atoms with E-state index in [-0.39, 0.29) is 31.1 Å². The molecule has 0 saturated heterocycles. The molecule has 0 rings (SSSR count). The molecule has 0 fully saturated rings. The Hall–Kier alpha value is -3.15. The highest BCUT2D eigenvalue weighted by atomic mass is 16.6. The van der Waals surface area contributed by atoms with Crippen LogP contribution in [-0.4, -0.2) is 37.2 Å². The molecule has 1 unspecified atom stereocenters. The molecule has 1 atom stereocenters. The molecule has 0 N–H and O–H groups in total. The summed E-state index contributed by atoms with van der Waals surface area (Å²) in [6, 6.07) is 0. The number of carbonyl (C=O) groups excluding carboxylic acids is 3. The maximum Gasteiger partial charge on any atom is 0.306 e. The largest absolute Gasteiger partial charge is 0.462 e. The van der Waals surface area contributed by atoms with Crippen LogP contribution >= 0.6 is 0 Å². The fraction of sp³-hybridized carbons (Fsp3) is 0.776. The number of unbranched alkanes of at least 4 members (excludes halogenated alkanes) is 34. The van der Waals surface area contributed by atoms with Gasteiger partial charge in [0, 0.05) is 19.3 Å². The number of carbonyl (C=O) groups is 3. The molecule has 0 aromatic carbocycles. The van der Waals surface area contributed by atoms with Gasteiger partial charge < -0.3 is 14.2 Å². The molecular weight excluding hydrogens is 901 g/mol. The Morgan fingerprint density at radius 3 is 0.836 bits per heavy atom. The van der Waals surface area contributed by atoms with Gasteiger partial charge in [-0.1, -0.05) is 280 Å². The highest BCUT2D eigenvalue weighted by Crippen LogP contribution is 2.16. The zero-order valence-corrected chi connectivity index (χ0v) is 48.4. The van der Waals surface area contributed by atoms with Crippen LogP contribution in [0.4, 0.5) is 0 Å². The molecule has 0 amide bonds. The molecule has 0 radical (unpaired) electrons. The van der Waals surface area contributed by atoms with Crippen LogP contribution in [0.25, 0.3) is 0 Å². The second-order valence-electron chi connectivity index (χ2n) is 20.9. The van der Waals surface area contributed by atoms with Gasteiger partial charge in [0.15, 0.2) is 6.10 Å². The molecular formula is C67H118O6. The summed E-state index contributed by atoms with van der Waals surface area (Å²) in [6.07, 6.45) is 79.1. The summed E-state index contributed by atoms with van der Waals surface area (Å²) >= 11 is 0. The van der Waals surface area contributed by atoms with Crippen molar-refractivity contribution in [1.29, 1.82) is 0 Å². The summed E-state index contributed by atoms with van der Waals surface area (Å²) in [4.78, 5) is 38.2. The van der Waals surface area contributed by atoms with Gasteiger partial charge in [0.2, 0.25) is 0 Å². The Morgan fingerprint density at radius 2 is 0.534 bits per heavy atom. The molecule has 6 heteroatoms. The van der Waals surface area contributed by atoms with Gasteiger partial charge in [0.25, 0.3) is 0 Å². The first kappa shape index (κ1) is 69.8. The van der Waals surface area contributed by atoms with Crippen molar-refractivity contribution >= 4 is 17.9 Å². The van der Waals surface area contributed by atoms with Crippen molar-refractivity contribution in [2.45, 2.75) is 322 Å². The fourth-order valence-electron chi connectivity index (χ4n) is 9.00. The summed E-state index contributed by atoms with van der Waals surface area (Å²) in [6.45, 7) is 6.53. The maximum absolute atomic E-state index is 12.9. The Labute approximate surface area is 453 Å². The van der Waals surface area contributed by atoms with E-state index in [9.17, 15) is 14.4 Å². The molecule has 0 aromatic heterocycles. The first-order valence-corrected chi connectivity index (χ1v) is 31.4. The van der Waals surface area contributed by atoms with E-state index in [0.29, 0.717) is 19.3 Å². The molecule has 0 saturated carbocycles. The zero-order chi connectivity index (χ0) is 52.9. The fourth-order valence-corrected chi connectivity index (χ4v) is 9.00. The Kier molecular flexibility index (Phi) is 58.7. The molecule has 0 aliphatic carbocycles. The third kappa shape index (κ3) is 59.6. The van der Waals surface area contributed by atoms with Gasteiger partial charge >= 0.3 is 17.9 Å². The molecule has 0 heterocycles. The first-order valence-electron chi connectivity index (χ1n) is 31.4. The average molecular weight is 1020 g/mol. The van der Waals surface area contributed by atoms with Crippen molar-refractivity contribution in [2.24, 2.45) is 0 Å². The average Bonchev–Trinajstić information content (AvgIpc) is 3.39. The minimum absolute atomic E-state index is 0.0746. The van der Waals surface area contributed by atoms with E-state index in [4.69, 9.17) is 14.2 Å². The van der Waals surface area contributed by atoms with Gasteiger partial charge in [-0.15, -0.1) is 0 Å². The highest BCUT2D eigenvalue weighted by molar-refractivity contribution is 5.71. The van der Waals surface area contributed by atoms with Crippen LogP contribution in [-0.2, 0) is 28.6 Å². The minimum atomic E-state index is -0.776. The third-order valence-electron chi connectivity index (χ3n) is 13.7. The van der Waals surface area contributed by atoms with E-state index in [0.717, 1.165) is 89.9 Å². The van der Waals surface area contributed by atoms with E-state index in [1.165, 1.54) is 186 Å². The van der Waals surface area contributed by atoms with Crippen LogP contribution in [0, 0.1) is 0 Å². The molecule has 0 aliphatic rings. The molecule has 0 bridgehead atoms. The number of ether oxygens (including phenoxy) is 3. The lowest BCUT2D eigenvalue weighted by atomic mass is 10.0. The van der Waals surface area contributed by atoms with Crippen molar-refractivity contribution in [3.63, 3.8) is 0 Å². The van der Waals surface area contributed by atoms with E-state index in [1.54, 1.807) is 0 Å². The smallest absolute Gasteiger partial charge is 0.306 e. The second kappa shape index (κ2) is 61.4. The lowest BCUT2D eigenvalue weighted by Crippen LogP contribution is -2.30. The maximum atomic E-state index is 12.9. The third-order valence-corrected chi connectivity index (χ3v) is 13.7. The normalized spacial score (nSPS) is 12.5. The summed E-state index contributed by atoms with van der Waals surface area (Å²) in [5.74, 6) is -0.871. The van der Waals surface area contributed by atoms with Crippen LogP contribution in [0.5, 0.6) is 0 Å². The highest BCUT2D eigenvalue weighted by Gasteiger charge is 2.19. The van der Waals surface area contributed by atoms with Crippen molar-refractivity contribution in [2.75, 3.05) is 13.2 Å². The molecule has 0 spiro atoms. The summed E-state index contributed by atoms with van der Waals surface area (Å²) in [5, 5.41) is 0. The van der Waals surface area contributed by atoms with Gasteiger partial charge in [-0.25, -0.2) is 0 Å². The van der Waals surface area contributed by atoms with E-state index >= 15 is 0 Å². The second-order valence-corrected chi connectivity index (χ2v) is 20.9. The number of rotatable bonds is 57. The van der Waals surface area contributed by atoms with Crippen molar-refractivity contribution in [3.05, 3.63) is 72.9 Å². The van der Waals surface area contributed by atoms with E-state index < -0.39 is 6.10 Å². The SMILES string of the molecule is CC/C=C\C/C=C\C/C=C\C/C=C\CCCCCCCCCCCCC(=O)OCC(COC(=O)CCCCCCCCCCC)OC(=O)CCCCCCCCCCCCC/C=C\C/C=C\CCCCCCC. The Bertz CT molecular complexity index is 1360. The summed E-state index contributed by atoms with van der Waals surface area (Å²) < 4.78 is 16.9. The number of allylic oxidation sites excluding steroid dienone is 12. The van der Waals surface area contributed by atoms with Crippen LogP contribution in [0.1, 0.15) is 316 Å². The van der Waals surface area contributed by atoms with Crippen LogP contribution in [0.3, 0.4) is 0 Å². The first-order chi connectivity index (χ1) is 36.0. The number of hydrogen-bond donors (Lipinski definition) is 0. The van der Waals surface area contributed by atoms with Gasteiger partial charge in [0.05, 0.1) is 0 Å². The standard InChI is InChI=1S/C67H118O6/c1-4-7-10-13-16-19-21-23-25-27-29-31-33-35-37-39-41-43-45-48-51-54-57-60-66(69)72-63-64(62-71-65(68)59-56-53-50-47-18-15-12-9-6-3)73-67(70)61-58-55-52-49-46-44-42-40-38-36-34-32-30-28-26-24-22-20-17-14-11-8-5-2/h7,10,16,19,22-25,28-31,64H,4-6,8-9,11-15,17-18,20-21,26-27,32-63H2,1-3H3/b10-7-,19-16-,24-22-,25-23-,30-28-,31-29-. The predicted octanol–water partition coefficient (Wildman–Crippen LogP) is 21.3. The molecule has 6 nitrogen and oxygen atoms in total. The molecule has 0 aromatic rings. The van der Waals surface area contributed by atoms with Gasteiger partial charge in [-0.05, 0) is 89.9 Å². The number of hydrogen-bond acceptors (Lipinski definition) is 6. The predicted molar refractivity (Wildman–Crippen MR) is 316 cm³/mol. The molecule has 0 aliphatic heterocycles. The van der Waals surface area contributed by atoms with Gasteiger partial charge in [-0.3, -0.25) is 14.4 Å². The Morgan fingerprint density at radius 1 is 0.288 bits per heavy atom. The number of esters is 3. The lowest BCUT2D eigenvalue weighted by Gasteiger charge is -2.18. The zero-order valence-electron chi connectivity index (χ0n) is 48.4. The van der Waals surface area contributed by atoms with Gasteiger partial charge in [-0.2, -0.15) is 0 Å². The van der Waals surface area contributed by atoms with E-state index in [1.807, 2.05) is 0 Å². The molecule has 422 valence electrons. The monoisotopic (exact) mass is 1020 g/mol. The van der Waals surface area contributed by atoms with Crippen LogP contribution < -0.4 is 0 Å². The van der Waals surface area contributed by atoms with Crippen molar-refractivity contribution < 1.29 is 28.6 Å². The van der Waals surface area contributed by atoms with E-state index in [2.05, 4.69) is 93.7 Å². The van der Waals surface area contributed by atoms with Crippen molar-refractivity contribution in [3.8, 4) is 0 Å². The Balaban J connectivity index is 4.22. The van der Waals surface area contributed by atoms with Crippen LogP contribution in [0.2, 0.25) is 0 Å². The quantitative estimate of drug-likeness (QED) is 0.0261. The summed E-state index contributed by atoms with van der Waals surface area (Å²) in [5.41, 5.74) is 0. The van der Waals surface area contributed by atoms with Gasteiger partial charge in [0.1, 0.15) is 13.2 Å².